The zero-order valence-corrected chi connectivity index (χ0v) is 20.7. The molecule has 5 atom stereocenters. The third kappa shape index (κ3) is 5.55. The van der Waals surface area contributed by atoms with E-state index < -0.39 is 37.3 Å². The standard InChI is InChI=1S/C27H34N2O7/c1-15(2)22-19(26(29-28-22)36-27-25(33)24(32)23(31)21(13-30)35-27)12-17-9-6-7-11-20(17)34-14-18-10-5-4-8-16(18)3/h4-11,15,21,23-25,27,30-33H,12-14H2,1-3H3,(H,28,29)/t21-,23-,24+,25-,27+/m1/s1. The van der Waals surface area contributed by atoms with E-state index in [2.05, 4.69) is 10.2 Å². The zero-order valence-electron chi connectivity index (χ0n) is 20.7. The van der Waals surface area contributed by atoms with Gasteiger partial charge in [-0.05, 0) is 35.6 Å². The second-order valence-electron chi connectivity index (χ2n) is 9.39. The van der Waals surface area contributed by atoms with Crippen molar-refractivity contribution in [2.75, 3.05) is 6.61 Å². The largest absolute Gasteiger partial charge is 0.489 e. The predicted octanol–water partition coefficient (Wildman–Crippen LogP) is 2.19. The first kappa shape index (κ1) is 26.1. The third-order valence-corrected chi connectivity index (χ3v) is 6.50. The van der Waals surface area contributed by atoms with Gasteiger partial charge in [-0.15, -0.1) is 5.10 Å². The molecule has 9 heteroatoms. The van der Waals surface area contributed by atoms with Gasteiger partial charge in [0.05, 0.1) is 6.61 Å². The number of nitrogens with zero attached hydrogens (tertiary/aromatic N) is 1. The molecule has 0 radical (unpaired) electrons. The summed E-state index contributed by atoms with van der Waals surface area (Å²) in [6.07, 6.45) is -6.50. The molecule has 2 heterocycles. The number of rotatable bonds is 9. The van der Waals surface area contributed by atoms with Crippen LogP contribution >= 0.6 is 0 Å². The maximum absolute atomic E-state index is 10.4. The number of para-hydroxylation sites is 1. The van der Waals surface area contributed by atoms with Crippen LogP contribution in [-0.4, -0.2) is 67.9 Å². The molecule has 0 bridgehead atoms. The van der Waals surface area contributed by atoms with Crippen molar-refractivity contribution in [2.45, 2.75) is 70.4 Å². The molecule has 194 valence electrons. The van der Waals surface area contributed by atoms with Crippen LogP contribution in [0.5, 0.6) is 11.6 Å². The molecule has 1 aromatic heterocycles. The molecular formula is C27H34N2O7. The van der Waals surface area contributed by atoms with E-state index >= 15 is 0 Å². The summed E-state index contributed by atoms with van der Waals surface area (Å²) in [4.78, 5) is 0. The molecule has 4 rings (SSSR count). The van der Waals surface area contributed by atoms with Crippen molar-refractivity contribution in [1.82, 2.24) is 10.2 Å². The molecular weight excluding hydrogens is 464 g/mol. The van der Waals surface area contributed by atoms with E-state index in [-0.39, 0.29) is 11.8 Å². The Hall–Kier alpha value is -2.95. The molecule has 0 aliphatic carbocycles. The lowest BCUT2D eigenvalue weighted by atomic mass is 9.98. The van der Waals surface area contributed by atoms with Gasteiger partial charge in [0.2, 0.25) is 12.2 Å². The Morgan fingerprint density at radius 3 is 2.36 bits per heavy atom. The van der Waals surface area contributed by atoms with Crippen LogP contribution in [-0.2, 0) is 17.8 Å². The first-order valence-corrected chi connectivity index (χ1v) is 12.1. The molecule has 1 aliphatic rings. The Balaban J connectivity index is 1.58. The van der Waals surface area contributed by atoms with E-state index in [0.29, 0.717) is 13.0 Å². The Morgan fingerprint density at radius 2 is 1.67 bits per heavy atom. The molecule has 36 heavy (non-hydrogen) atoms. The Kier molecular flexibility index (Phi) is 8.28. The lowest BCUT2D eigenvalue weighted by molar-refractivity contribution is -0.278. The molecule has 0 unspecified atom stereocenters. The maximum atomic E-state index is 10.4. The van der Waals surface area contributed by atoms with E-state index in [9.17, 15) is 20.4 Å². The van der Waals surface area contributed by atoms with E-state index in [4.69, 9.17) is 14.2 Å². The highest BCUT2D eigenvalue weighted by Gasteiger charge is 2.45. The number of hydrogen-bond acceptors (Lipinski definition) is 8. The highest BCUT2D eigenvalue weighted by atomic mass is 16.7. The summed E-state index contributed by atoms with van der Waals surface area (Å²) in [5, 5.41) is 47.4. The molecule has 5 N–H and O–H groups in total. The summed E-state index contributed by atoms with van der Waals surface area (Å²) >= 11 is 0. The Bertz CT molecular complexity index is 1150. The Morgan fingerprint density at radius 1 is 0.972 bits per heavy atom. The third-order valence-electron chi connectivity index (χ3n) is 6.50. The van der Waals surface area contributed by atoms with Crippen LogP contribution in [0.1, 0.15) is 47.7 Å². The topological polar surface area (TPSA) is 137 Å². The molecule has 2 aromatic carbocycles. The number of aliphatic hydroxyl groups excluding tert-OH is 4. The van der Waals surface area contributed by atoms with E-state index in [1.807, 2.05) is 69.3 Å². The highest BCUT2D eigenvalue weighted by Crippen LogP contribution is 2.33. The minimum Gasteiger partial charge on any atom is -0.489 e. The van der Waals surface area contributed by atoms with Gasteiger partial charge in [0.25, 0.3) is 0 Å². The van der Waals surface area contributed by atoms with E-state index in [1.165, 1.54) is 0 Å². The van der Waals surface area contributed by atoms with Gasteiger partial charge >= 0.3 is 0 Å². The van der Waals surface area contributed by atoms with Crippen LogP contribution in [0.2, 0.25) is 0 Å². The zero-order chi connectivity index (χ0) is 25.8. The van der Waals surface area contributed by atoms with Crippen molar-refractivity contribution in [3.05, 3.63) is 76.5 Å². The second-order valence-corrected chi connectivity index (χ2v) is 9.39. The molecule has 0 saturated carbocycles. The lowest BCUT2D eigenvalue weighted by Gasteiger charge is -2.39. The summed E-state index contributed by atoms with van der Waals surface area (Å²) in [5.41, 5.74) is 4.79. The average molecular weight is 499 g/mol. The van der Waals surface area contributed by atoms with Crippen molar-refractivity contribution in [3.63, 3.8) is 0 Å². The fourth-order valence-electron chi connectivity index (χ4n) is 4.29. The van der Waals surface area contributed by atoms with Crippen molar-refractivity contribution in [2.24, 2.45) is 0 Å². The Labute approximate surface area is 210 Å². The maximum Gasteiger partial charge on any atom is 0.238 e. The van der Waals surface area contributed by atoms with Gasteiger partial charge in [-0.25, -0.2) is 0 Å². The van der Waals surface area contributed by atoms with Gasteiger partial charge in [-0.2, -0.15) is 0 Å². The number of aliphatic hydroxyl groups is 4. The highest BCUT2D eigenvalue weighted by molar-refractivity contribution is 5.43. The van der Waals surface area contributed by atoms with Crippen molar-refractivity contribution < 1.29 is 34.6 Å². The summed E-state index contributed by atoms with van der Waals surface area (Å²) < 4.78 is 17.6. The van der Waals surface area contributed by atoms with E-state index in [1.54, 1.807) is 0 Å². The molecule has 9 nitrogen and oxygen atoms in total. The minimum absolute atomic E-state index is 0.0969. The summed E-state index contributed by atoms with van der Waals surface area (Å²) in [6.45, 7) is 5.99. The number of ether oxygens (including phenoxy) is 3. The lowest BCUT2D eigenvalue weighted by Crippen LogP contribution is -2.60. The van der Waals surface area contributed by atoms with Crippen molar-refractivity contribution in [3.8, 4) is 11.6 Å². The van der Waals surface area contributed by atoms with Gasteiger partial charge in [0.1, 0.15) is 36.8 Å². The van der Waals surface area contributed by atoms with Crippen LogP contribution in [0.4, 0.5) is 0 Å². The molecule has 1 fully saturated rings. The number of nitrogens with one attached hydrogen (secondary N) is 1. The second kappa shape index (κ2) is 11.4. The van der Waals surface area contributed by atoms with Gasteiger partial charge in [-0.3, -0.25) is 5.10 Å². The van der Waals surface area contributed by atoms with Crippen LogP contribution in [0.25, 0.3) is 0 Å². The normalized spacial score (nSPS) is 24.2. The monoisotopic (exact) mass is 498 g/mol. The fourth-order valence-corrected chi connectivity index (χ4v) is 4.29. The number of H-pyrrole nitrogens is 1. The molecule has 1 aliphatic heterocycles. The van der Waals surface area contributed by atoms with Crippen LogP contribution < -0.4 is 9.47 Å². The smallest absolute Gasteiger partial charge is 0.238 e. The first-order chi connectivity index (χ1) is 17.3. The van der Waals surface area contributed by atoms with Gasteiger partial charge < -0.3 is 34.6 Å². The van der Waals surface area contributed by atoms with Gasteiger partial charge in [-0.1, -0.05) is 56.3 Å². The van der Waals surface area contributed by atoms with Gasteiger partial charge in [0, 0.05) is 17.7 Å². The first-order valence-electron chi connectivity index (χ1n) is 12.1. The SMILES string of the molecule is Cc1ccccc1COc1ccccc1Cc1c(O[C@@H]2O[C@H](CO)[C@@H](O)[C@H](O)[C@H]2O)n[nH]c1C(C)C. The predicted molar refractivity (Wildman–Crippen MR) is 132 cm³/mol. The molecule has 3 aromatic rings. The van der Waals surface area contributed by atoms with Crippen LogP contribution in [0.3, 0.4) is 0 Å². The van der Waals surface area contributed by atoms with Crippen molar-refractivity contribution in [1.29, 1.82) is 0 Å². The summed E-state index contributed by atoms with van der Waals surface area (Å²) in [7, 11) is 0. The van der Waals surface area contributed by atoms with Crippen LogP contribution in [0.15, 0.2) is 48.5 Å². The number of aromatic amines is 1. The number of benzene rings is 2. The number of hydrogen-bond donors (Lipinski definition) is 5. The quantitative estimate of drug-likeness (QED) is 0.303. The van der Waals surface area contributed by atoms with Crippen LogP contribution in [0, 0.1) is 6.92 Å². The molecule has 1 saturated heterocycles. The molecule has 0 spiro atoms. The van der Waals surface area contributed by atoms with E-state index in [0.717, 1.165) is 33.7 Å². The summed E-state index contributed by atoms with van der Waals surface area (Å²) in [6, 6.07) is 15.8. The average Bonchev–Trinajstić information content (AvgIpc) is 3.27. The number of aryl methyl sites for hydroxylation is 1. The van der Waals surface area contributed by atoms with Crippen molar-refractivity contribution >= 4 is 0 Å². The molecule has 0 amide bonds. The number of aromatic nitrogens is 2. The summed E-state index contributed by atoms with van der Waals surface area (Å²) in [5.74, 6) is 1.03. The fraction of sp³-hybridized carbons (Fsp3) is 0.444. The van der Waals surface area contributed by atoms with Gasteiger partial charge in [0.15, 0.2) is 0 Å². The minimum atomic E-state index is -1.54.